The molecule has 0 fully saturated rings. The summed E-state index contributed by atoms with van der Waals surface area (Å²) in [6, 6.07) is 3.38. The molecule has 0 amide bonds. The number of rotatable bonds is 7. The first kappa shape index (κ1) is 16.9. The second-order valence-electron chi connectivity index (χ2n) is 3.69. The van der Waals surface area contributed by atoms with Crippen LogP contribution in [-0.2, 0) is 10.1 Å². The summed E-state index contributed by atoms with van der Waals surface area (Å²) in [7, 11) is 2.85. The normalized spacial score (nSPS) is 11.3. The van der Waals surface area contributed by atoms with Gasteiger partial charge in [0, 0.05) is 5.33 Å². The predicted molar refractivity (Wildman–Crippen MR) is 69.7 cm³/mol. The lowest BCUT2D eigenvalue weighted by Gasteiger charge is -2.16. The highest BCUT2D eigenvalue weighted by Gasteiger charge is 2.27. The lowest BCUT2D eigenvalue weighted by atomic mass is 10.2. The zero-order chi connectivity index (χ0) is 15.2. The highest BCUT2D eigenvalue weighted by Crippen LogP contribution is 2.39. The molecule has 114 valence electrons. The van der Waals surface area contributed by atoms with Crippen molar-refractivity contribution in [3.05, 3.63) is 17.7 Å². The molecule has 0 heterocycles. The Balaban J connectivity index is 2.77. The van der Waals surface area contributed by atoms with Crippen molar-refractivity contribution in [1.29, 1.82) is 0 Å². The van der Waals surface area contributed by atoms with Crippen LogP contribution in [0.4, 0.5) is 13.2 Å². The van der Waals surface area contributed by atoms with E-state index in [1.54, 1.807) is 12.1 Å². The van der Waals surface area contributed by atoms with Gasteiger partial charge in [0.05, 0.1) is 14.2 Å². The molecule has 0 unspecified atom stereocenters. The first-order valence-corrected chi connectivity index (χ1v) is 6.61. The third-order valence-electron chi connectivity index (χ3n) is 2.23. The molecular formula is C12H14BrF3O4. The Kier molecular flexibility index (Phi) is 6.41. The largest absolute Gasteiger partial charge is 0.493 e. The van der Waals surface area contributed by atoms with Gasteiger partial charge >= 0.3 is 6.18 Å². The quantitative estimate of drug-likeness (QED) is 0.424. The highest BCUT2D eigenvalue weighted by atomic mass is 79.9. The minimum absolute atomic E-state index is 0.196. The van der Waals surface area contributed by atoms with Crippen molar-refractivity contribution < 1.29 is 32.1 Å². The van der Waals surface area contributed by atoms with Crippen LogP contribution in [0.1, 0.15) is 5.56 Å². The number of alkyl halides is 4. The second kappa shape index (κ2) is 7.58. The van der Waals surface area contributed by atoms with Gasteiger partial charge in [0.2, 0.25) is 5.75 Å². The van der Waals surface area contributed by atoms with E-state index in [0.29, 0.717) is 16.8 Å². The Morgan fingerprint density at radius 1 is 1.10 bits per heavy atom. The number of benzene rings is 1. The molecule has 0 N–H and O–H groups in total. The number of halogens is 4. The molecule has 0 aliphatic carbocycles. The summed E-state index contributed by atoms with van der Waals surface area (Å²) in [5.41, 5.74) is 0.877. The molecule has 0 saturated carbocycles. The monoisotopic (exact) mass is 358 g/mol. The molecule has 0 aliphatic rings. The second-order valence-corrected chi connectivity index (χ2v) is 4.25. The van der Waals surface area contributed by atoms with E-state index in [2.05, 4.69) is 20.7 Å². The van der Waals surface area contributed by atoms with E-state index in [-0.39, 0.29) is 5.75 Å². The Bertz CT molecular complexity index is 412. The van der Waals surface area contributed by atoms with Crippen molar-refractivity contribution in [2.24, 2.45) is 0 Å². The maximum Gasteiger partial charge on any atom is 0.411 e. The average molecular weight is 359 g/mol. The summed E-state index contributed by atoms with van der Waals surface area (Å²) in [6.45, 7) is -1.93. The molecule has 8 heteroatoms. The summed E-state index contributed by atoms with van der Waals surface area (Å²) in [5, 5.41) is 0.574. The van der Waals surface area contributed by atoms with Crippen LogP contribution >= 0.6 is 15.9 Å². The molecule has 1 rings (SSSR count). The standard InChI is InChI=1S/C12H14BrF3O4/c1-17-9-3-8(5-13)4-10(18-2)11(9)20-7-19-6-12(14,15)16/h3-4H,5-7H2,1-2H3. The van der Waals surface area contributed by atoms with E-state index >= 15 is 0 Å². The smallest absolute Gasteiger partial charge is 0.411 e. The van der Waals surface area contributed by atoms with E-state index in [9.17, 15) is 13.2 Å². The van der Waals surface area contributed by atoms with Crippen LogP contribution in [0.5, 0.6) is 17.2 Å². The van der Waals surface area contributed by atoms with Gasteiger partial charge in [0.25, 0.3) is 0 Å². The maximum atomic E-state index is 11.9. The van der Waals surface area contributed by atoms with Gasteiger partial charge in [-0.3, -0.25) is 0 Å². The van der Waals surface area contributed by atoms with Crippen LogP contribution < -0.4 is 14.2 Å². The van der Waals surface area contributed by atoms with Crippen molar-refractivity contribution in [3.8, 4) is 17.2 Å². The van der Waals surface area contributed by atoms with Gasteiger partial charge in [-0.1, -0.05) is 15.9 Å². The molecule has 0 saturated heterocycles. The van der Waals surface area contributed by atoms with Gasteiger partial charge in [-0.05, 0) is 17.7 Å². The van der Waals surface area contributed by atoms with Crippen LogP contribution in [0.25, 0.3) is 0 Å². The summed E-state index contributed by atoms with van der Waals surface area (Å²) >= 11 is 3.29. The molecule has 0 aliphatic heterocycles. The molecule has 1 aromatic rings. The summed E-state index contributed by atoms with van der Waals surface area (Å²) in [5.74, 6) is 0.908. The molecule has 1 aromatic carbocycles. The van der Waals surface area contributed by atoms with E-state index in [1.165, 1.54) is 14.2 Å². The fraction of sp³-hybridized carbons (Fsp3) is 0.500. The van der Waals surface area contributed by atoms with Crippen LogP contribution in [0.3, 0.4) is 0 Å². The lowest BCUT2D eigenvalue weighted by Crippen LogP contribution is -2.19. The molecule has 0 spiro atoms. The fourth-order valence-corrected chi connectivity index (χ4v) is 1.74. The van der Waals surface area contributed by atoms with E-state index in [4.69, 9.17) is 14.2 Å². The minimum Gasteiger partial charge on any atom is -0.493 e. The number of ether oxygens (including phenoxy) is 4. The minimum atomic E-state index is -4.39. The first-order chi connectivity index (χ1) is 9.41. The number of hydrogen-bond donors (Lipinski definition) is 0. The lowest BCUT2D eigenvalue weighted by molar-refractivity contribution is -0.187. The molecule has 20 heavy (non-hydrogen) atoms. The summed E-state index contributed by atoms with van der Waals surface area (Å²) < 4.78 is 55.6. The molecule has 0 bridgehead atoms. The van der Waals surface area contributed by atoms with Crippen molar-refractivity contribution >= 4 is 15.9 Å². The molecule has 0 atom stereocenters. The van der Waals surface area contributed by atoms with E-state index < -0.39 is 19.6 Å². The van der Waals surface area contributed by atoms with Crippen LogP contribution in [0.2, 0.25) is 0 Å². The van der Waals surface area contributed by atoms with Gasteiger partial charge in [0.1, 0.15) is 6.61 Å². The number of hydrogen-bond acceptors (Lipinski definition) is 4. The SMILES string of the molecule is COc1cc(CBr)cc(OC)c1OCOCC(F)(F)F. The third kappa shape index (κ3) is 5.09. The summed E-state index contributed by atoms with van der Waals surface area (Å²) in [4.78, 5) is 0. The Morgan fingerprint density at radius 2 is 1.65 bits per heavy atom. The Labute approximate surface area is 122 Å². The molecule has 0 aromatic heterocycles. The van der Waals surface area contributed by atoms with Gasteiger partial charge < -0.3 is 18.9 Å². The van der Waals surface area contributed by atoms with Crippen molar-refractivity contribution in [2.75, 3.05) is 27.6 Å². The number of methoxy groups -OCH3 is 2. The Morgan fingerprint density at radius 3 is 2.05 bits per heavy atom. The topological polar surface area (TPSA) is 36.9 Å². The summed E-state index contributed by atoms with van der Waals surface area (Å²) in [6.07, 6.45) is -4.39. The maximum absolute atomic E-state index is 11.9. The van der Waals surface area contributed by atoms with E-state index in [0.717, 1.165) is 5.56 Å². The van der Waals surface area contributed by atoms with Crippen molar-refractivity contribution in [1.82, 2.24) is 0 Å². The van der Waals surface area contributed by atoms with Crippen LogP contribution in [0.15, 0.2) is 12.1 Å². The van der Waals surface area contributed by atoms with Gasteiger partial charge in [-0.2, -0.15) is 13.2 Å². The molecule has 0 radical (unpaired) electrons. The van der Waals surface area contributed by atoms with Gasteiger partial charge in [0.15, 0.2) is 18.3 Å². The van der Waals surface area contributed by atoms with Crippen LogP contribution in [0, 0.1) is 0 Å². The van der Waals surface area contributed by atoms with Gasteiger partial charge in [-0.25, -0.2) is 0 Å². The van der Waals surface area contributed by atoms with Gasteiger partial charge in [-0.15, -0.1) is 0 Å². The first-order valence-electron chi connectivity index (χ1n) is 5.49. The van der Waals surface area contributed by atoms with Crippen molar-refractivity contribution in [2.45, 2.75) is 11.5 Å². The zero-order valence-electron chi connectivity index (χ0n) is 10.9. The Hall–Kier alpha value is -1.15. The predicted octanol–water partition coefficient (Wildman–Crippen LogP) is 3.51. The zero-order valence-corrected chi connectivity index (χ0v) is 12.5. The van der Waals surface area contributed by atoms with Crippen molar-refractivity contribution in [3.63, 3.8) is 0 Å². The fourth-order valence-electron chi connectivity index (χ4n) is 1.41. The third-order valence-corrected chi connectivity index (χ3v) is 2.87. The average Bonchev–Trinajstić information content (AvgIpc) is 2.41. The van der Waals surface area contributed by atoms with E-state index in [1.807, 2.05) is 0 Å². The highest BCUT2D eigenvalue weighted by molar-refractivity contribution is 9.08. The van der Waals surface area contributed by atoms with Crippen LogP contribution in [-0.4, -0.2) is 33.8 Å². The molecule has 4 nitrogen and oxygen atoms in total. The molecular weight excluding hydrogens is 345 g/mol.